The molecule has 2 aromatic heterocycles. The van der Waals surface area contributed by atoms with E-state index < -0.39 is 17.5 Å². The Hall–Kier alpha value is -2.52. The van der Waals surface area contributed by atoms with Crippen LogP contribution in [-0.2, 0) is 21.5 Å². The fraction of sp³-hybridized carbons (Fsp3) is 0.333. The number of nitrogens with one attached hydrogen (secondary N) is 2. The van der Waals surface area contributed by atoms with Gasteiger partial charge in [0.05, 0.1) is 11.4 Å². The number of rotatable bonds is 7. The third-order valence-electron chi connectivity index (χ3n) is 4.27. The summed E-state index contributed by atoms with van der Waals surface area (Å²) in [6.07, 6.45) is 0.622. The molecule has 0 spiro atoms. The number of thiophene rings is 2. The van der Waals surface area contributed by atoms with Gasteiger partial charge in [-0.1, -0.05) is 6.07 Å². The van der Waals surface area contributed by atoms with E-state index in [1.54, 1.807) is 19.1 Å². The Morgan fingerprint density at radius 1 is 1.26 bits per heavy atom. The molecule has 1 aliphatic heterocycles. The molecule has 7 nitrogen and oxygen atoms in total. The normalized spacial score (nSPS) is 19.3. The number of hydrogen-bond donors (Lipinski definition) is 2. The average molecular weight is 406 g/mol. The molecule has 0 saturated carbocycles. The van der Waals surface area contributed by atoms with Gasteiger partial charge < -0.3 is 10.6 Å². The van der Waals surface area contributed by atoms with E-state index in [9.17, 15) is 19.2 Å². The Bertz CT molecular complexity index is 890. The van der Waals surface area contributed by atoms with Gasteiger partial charge in [0.25, 0.3) is 5.91 Å². The summed E-state index contributed by atoms with van der Waals surface area (Å²) in [7, 11) is 0. The highest BCUT2D eigenvalue weighted by Crippen LogP contribution is 2.32. The molecule has 3 rings (SSSR count). The van der Waals surface area contributed by atoms with Crippen LogP contribution >= 0.6 is 22.7 Å². The Kier molecular flexibility index (Phi) is 5.43. The van der Waals surface area contributed by atoms with Crippen molar-refractivity contribution in [2.45, 2.75) is 25.8 Å². The fourth-order valence-corrected chi connectivity index (χ4v) is 4.59. The first-order valence-corrected chi connectivity index (χ1v) is 10.1. The van der Waals surface area contributed by atoms with Gasteiger partial charge in [0.2, 0.25) is 5.91 Å². The molecule has 1 atom stereocenters. The number of imide groups is 1. The van der Waals surface area contributed by atoms with Gasteiger partial charge in [-0.05, 0) is 36.9 Å². The van der Waals surface area contributed by atoms with Crippen molar-refractivity contribution in [3.05, 3.63) is 44.3 Å². The van der Waals surface area contributed by atoms with Gasteiger partial charge in [-0.25, -0.2) is 4.79 Å². The van der Waals surface area contributed by atoms with Crippen LogP contribution in [0, 0.1) is 0 Å². The molecule has 9 heteroatoms. The molecule has 0 aliphatic carbocycles. The topological polar surface area (TPSA) is 95.6 Å². The number of urea groups is 1. The average Bonchev–Trinajstić information content (AvgIpc) is 3.33. The van der Waals surface area contributed by atoms with Crippen molar-refractivity contribution in [2.75, 3.05) is 13.1 Å². The minimum atomic E-state index is -1.13. The Morgan fingerprint density at radius 2 is 2.04 bits per heavy atom. The molecule has 3 heterocycles. The standard InChI is InChI=1S/C18H19N3O4S2/c1-11(22)19-8-7-12-5-6-14(27-12)13(23)10-21-16(24)18(2,20-17(21)25)15-4-3-9-26-15/h3-6,9H,7-8,10H2,1-2H3,(H,19,22)(H,20,25). The molecule has 2 aromatic rings. The van der Waals surface area contributed by atoms with Gasteiger partial charge in [0.15, 0.2) is 11.3 Å². The molecule has 0 radical (unpaired) electrons. The third kappa shape index (κ3) is 3.93. The molecule has 1 fully saturated rings. The van der Waals surface area contributed by atoms with Gasteiger partial charge in [0, 0.05) is 23.2 Å². The zero-order valence-corrected chi connectivity index (χ0v) is 16.5. The van der Waals surface area contributed by atoms with Crippen LogP contribution in [0.4, 0.5) is 4.79 Å². The van der Waals surface area contributed by atoms with E-state index in [0.717, 1.165) is 14.7 Å². The number of carbonyl (C=O) groups excluding carboxylic acids is 4. The predicted molar refractivity (Wildman–Crippen MR) is 103 cm³/mol. The van der Waals surface area contributed by atoms with Crippen molar-refractivity contribution in [1.82, 2.24) is 15.5 Å². The smallest absolute Gasteiger partial charge is 0.325 e. The van der Waals surface area contributed by atoms with E-state index in [-0.39, 0.29) is 18.2 Å². The van der Waals surface area contributed by atoms with Crippen molar-refractivity contribution in [1.29, 1.82) is 0 Å². The summed E-state index contributed by atoms with van der Waals surface area (Å²) in [6.45, 7) is 3.30. The van der Waals surface area contributed by atoms with Crippen molar-refractivity contribution in [3.63, 3.8) is 0 Å². The predicted octanol–water partition coefficient (Wildman–Crippen LogP) is 2.14. The second kappa shape index (κ2) is 7.61. The highest BCUT2D eigenvalue weighted by Gasteiger charge is 2.50. The minimum Gasteiger partial charge on any atom is -0.356 e. The van der Waals surface area contributed by atoms with Crippen molar-refractivity contribution < 1.29 is 19.2 Å². The zero-order valence-electron chi connectivity index (χ0n) is 14.9. The third-order valence-corrected chi connectivity index (χ3v) is 6.55. The molecular formula is C18H19N3O4S2. The maximum absolute atomic E-state index is 12.8. The Balaban J connectivity index is 1.66. The number of Topliss-reactive ketones (excluding diaryl/α,β-unsaturated/α-hetero) is 1. The van der Waals surface area contributed by atoms with Crippen molar-refractivity contribution >= 4 is 46.3 Å². The number of ketones is 1. The molecule has 0 aromatic carbocycles. The van der Waals surface area contributed by atoms with E-state index in [4.69, 9.17) is 0 Å². The lowest BCUT2D eigenvalue weighted by atomic mass is 10.0. The first-order chi connectivity index (χ1) is 12.8. The van der Waals surface area contributed by atoms with Crippen LogP contribution in [0.1, 0.15) is 33.3 Å². The van der Waals surface area contributed by atoms with Crippen LogP contribution in [0.15, 0.2) is 29.6 Å². The summed E-state index contributed by atoms with van der Waals surface area (Å²) >= 11 is 2.69. The van der Waals surface area contributed by atoms with Gasteiger partial charge in [-0.15, -0.1) is 22.7 Å². The Morgan fingerprint density at radius 3 is 2.70 bits per heavy atom. The van der Waals surface area contributed by atoms with E-state index in [0.29, 0.717) is 17.8 Å². The van der Waals surface area contributed by atoms with Crippen LogP contribution < -0.4 is 10.6 Å². The Labute approximate surface area is 164 Å². The van der Waals surface area contributed by atoms with Crippen LogP contribution in [0.25, 0.3) is 0 Å². The fourth-order valence-electron chi connectivity index (χ4n) is 2.82. The monoisotopic (exact) mass is 405 g/mol. The maximum atomic E-state index is 12.8. The molecule has 1 saturated heterocycles. The summed E-state index contributed by atoms with van der Waals surface area (Å²) < 4.78 is 0. The summed E-state index contributed by atoms with van der Waals surface area (Å²) in [5, 5.41) is 7.23. The molecule has 0 bridgehead atoms. The van der Waals surface area contributed by atoms with E-state index in [1.165, 1.54) is 29.6 Å². The van der Waals surface area contributed by atoms with Crippen LogP contribution in [-0.4, -0.2) is 41.6 Å². The molecule has 1 unspecified atom stereocenters. The van der Waals surface area contributed by atoms with Gasteiger partial charge >= 0.3 is 6.03 Å². The molecule has 27 heavy (non-hydrogen) atoms. The van der Waals surface area contributed by atoms with Crippen molar-refractivity contribution in [3.8, 4) is 0 Å². The largest absolute Gasteiger partial charge is 0.356 e. The molecule has 142 valence electrons. The number of hydrogen-bond acceptors (Lipinski definition) is 6. The summed E-state index contributed by atoms with van der Waals surface area (Å²) in [4.78, 5) is 51.6. The van der Waals surface area contributed by atoms with E-state index in [2.05, 4.69) is 10.6 Å². The molecule has 2 N–H and O–H groups in total. The summed E-state index contributed by atoms with van der Waals surface area (Å²) in [6, 6.07) is 6.54. The van der Waals surface area contributed by atoms with Crippen molar-refractivity contribution in [2.24, 2.45) is 0 Å². The van der Waals surface area contributed by atoms with Gasteiger partial charge in [-0.3, -0.25) is 19.3 Å². The second-order valence-corrected chi connectivity index (χ2v) is 8.46. The van der Waals surface area contributed by atoms with Crippen LogP contribution in [0.5, 0.6) is 0 Å². The van der Waals surface area contributed by atoms with Crippen LogP contribution in [0.2, 0.25) is 0 Å². The summed E-state index contributed by atoms with van der Waals surface area (Å²) in [5.41, 5.74) is -1.13. The van der Waals surface area contributed by atoms with E-state index in [1.807, 2.05) is 17.5 Å². The lowest BCUT2D eigenvalue weighted by molar-refractivity contribution is -0.130. The first kappa shape index (κ1) is 19.2. The maximum Gasteiger partial charge on any atom is 0.325 e. The SMILES string of the molecule is CC(=O)NCCc1ccc(C(=O)CN2C(=O)NC(C)(c3cccs3)C2=O)s1. The molecular weight excluding hydrogens is 386 g/mol. The number of carbonyl (C=O) groups is 4. The quantitative estimate of drug-likeness (QED) is 0.545. The molecule has 4 amide bonds. The highest BCUT2D eigenvalue weighted by atomic mass is 32.1. The molecule has 1 aliphatic rings. The zero-order chi connectivity index (χ0) is 19.6. The first-order valence-electron chi connectivity index (χ1n) is 8.35. The van der Waals surface area contributed by atoms with Gasteiger partial charge in [-0.2, -0.15) is 0 Å². The second-order valence-electron chi connectivity index (χ2n) is 6.35. The highest BCUT2D eigenvalue weighted by molar-refractivity contribution is 7.14. The lowest BCUT2D eigenvalue weighted by Gasteiger charge is -2.19. The minimum absolute atomic E-state index is 0.102. The van der Waals surface area contributed by atoms with Gasteiger partial charge in [0.1, 0.15) is 0 Å². The number of nitrogens with zero attached hydrogens (tertiary/aromatic N) is 1. The lowest BCUT2D eigenvalue weighted by Crippen LogP contribution is -2.40. The van der Waals surface area contributed by atoms with Crippen LogP contribution in [0.3, 0.4) is 0 Å². The summed E-state index contributed by atoms with van der Waals surface area (Å²) in [5.74, 6) is -0.814. The number of amides is 4. The van der Waals surface area contributed by atoms with E-state index >= 15 is 0 Å².